The molecule has 2 N–H and O–H groups in total. The molecule has 3 aromatic carbocycles. The predicted octanol–water partition coefficient (Wildman–Crippen LogP) is 6.25. The number of rotatable bonds is 11. The summed E-state index contributed by atoms with van der Waals surface area (Å²) in [7, 11) is 4.82. The minimum Gasteiger partial charge on any atom is -0.507 e. The second-order valence-electron chi connectivity index (χ2n) is 11.3. The van der Waals surface area contributed by atoms with Crippen molar-refractivity contribution in [2.75, 3.05) is 34.5 Å². The van der Waals surface area contributed by atoms with Gasteiger partial charge in [-0.2, -0.15) is 5.10 Å². The minimum absolute atomic E-state index is 0.122. The number of phenolic OH excluding ortho intramolecular Hbond substituents is 1. The molecular weight excluding hydrogens is 546 g/mol. The molecule has 1 unspecified atom stereocenters. The molecule has 9 heteroatoms. The van der Waals surface area contributed by atoms with Crippen molar-refractivity contribution in [3.05, 3.63) is 82.0 Å². The van der Waals surface area contributed by atoms with Crippen LogP contribution in [0.3, 0.4) is 0 Å². The van der Waals surface area contributed by atoms with E-state index in [0.717, 1.165) is 27.8 Å². The van der Waals surface area contributed by atoms with Crippen LogP contribution in [0.25, 0.3) is 11.3 Å². The predicted molar refractivity (Wildman–Crippen MR) is 165 cm³/mol. The second-order valence-corrected chi connectivity index (χ2v) is 11.3. The lowest BCUT2D eigenvalue weighted by molar-refractivity contribution is 0.0745. The van der Waals surface area contributed by atoms with Crippen molar-refractivity contribution in [2.24, 2.45) is 5.92 Å². The maximum atomic E-state index is 14.0. The van der Waals surface area contributed by atoms with E-state index in [-0.39, 0.29) is 11.7 Å². The zero-order valence-corrected chi connectivity index (χ0v) is 25.8. The molecule has 0 spiro atoms. The highest BCUT2D eigenvalue weighted by Crippen LogP contribution is 2.47. The van der Waals surface area contributed by atoms with E-state index in [4.69, 9.17) is 18.9 Å². The summed E-state index contributed by atoms with van der Waals surface area (Å²) in [6.45, 7) is 9.03. The summed E-state index contributed by atoms with van der Waals surface area (Å²) >= 11 is 0. The molecule has 9 nitrogen and oxygen atoms in total. The van der Waals surface area contributed by atoms with E-state index >= 15 is 0 Å². The molecule has 1 aliphatic rings. The van der Waals surface area contributed by atoms with Gasteiger partial charge in [-0.15, -0.1) is 0 Å². The molecule has 0 saturated carbocycles. The molecule has 4 aromatic rings. The number of carbonyl (C=O) groups is 1. The molecule has 1 aromatic heterocycles. The van der Waals surface area contributed by atoms with Crippen molar-refractivity contribution in [3.8, 4) is 40.0 Å². The van der Waals surface area contributed by atoms with Crippen LogP contribution in [0.5, 0.6) is 28.7 Å². The van der Waals surface area contributed by atoms with Crippen LogP contribution >= 0.6 is 0 Å². The van der Waals surface area contributed by atoms with Gasteiger partial charge in [0.2, 0.25) is 0 Å². The Morgan fingerprint density at radius 1 is 0.930 bits per heavy atom. The third-order valence-corrected chi connectivity index (χ3v) is 7.72. The van der Waals surface area contributed by atoms with Crippen LogP contribution in [-0.4, -0.2) is 60.6 Å². The highest BCUT2D eigenvalue weighted by molar-refractivity contribution is 6.00. The van der Waals surface area contributed by atoms with Crippen LogP contribution in [0, 0.1) is 19.8 Å². The van der Waals surface area contributed by atoms with Gasteiger partial charge in [0.25, 0.3) is 5.91 Å². The molecule has 0 fully saturated rings. The number of benzene rings is 3. The van der Waals surface area contributed by atoms with Crippen LogP contribution in [0.2, 0.25) is 0 Å². The second kappa shape index (κ2) is 12.3. The number of nitrogens with zero attached hydrogens (tertiary/aromatic N) is 2. The highest BCUT2D eigenvalue weighted by Gasteiger charge is 2.43. The summed E-state index contributed by atoms with van der Waals surface area (Å²) < 4.78 is 22.6. The molecule has 1 atom stereocenters. The maximum Gasteiger partial charge on any atom is 0.273 e. The van der Waals surface area contributed by atoms with Gasteiger partial charge in [-0.25, -0.2) is 0 Å². The lowest BCUT2D eigenvalue weighted by Gasteiger charge is -2.27. The Balaban J connectivity index is 1.59. The molecular formula is C34H39N3O6. The zero-order valence-electron chi connectivity index (χ0n) is 25.8. The molecule has 2 heterocycles. The van der Waals surface area contributed by atoms with Crippen molar-refractivity contribution in [2.45, 2.75) is 40.2 Å². The number of aryl methyl sites for hydroxylation is 2. The van der Waals surface area contributed by atoms with Gasteiger partial charge in [-0.05, 0) is 78.8 Å². The van der Waals surface area contributed by atoms with E-state index in [0.29, 0.717) is 65.4 Å². The van der Waals surface area contributed by atoms with Crippen molar-refractivity contribution in [3.63, 3.8) is 0 Å². The van der Waals surface area contributed by atoms with Crippen LogP contribution in [0.15, 0.2) is 48.5 Å². The number of H-pyrrole nitrogens is 1. The fourth-order valence-electron chi connectivity index (χ4n) is 5.73. The first kappa shape index (κ1) is 29.8. The van der Waals surface area contributed by atoms with Gasteiger partial charge in [-0.3, -0.25) is 9.89 Å². The van der Waals surface area contributed by atoms with E-state index in [1.54, 1.807) is 27.4 Å². The summed E-state index contributed by atoms with van der Waals surface area (Å²) in [6.07, 6.45) is 0.581. The number of phenols is 1. The third-order valence-electron chi connectivity index (χ3n) is 7.72. The zero-order chi connectivity index (χ0) is 30.8. The van der Waals surface area contributed by atoms with E-state index in [9.17, 15) is 9.90 Å². The molecule has 0 saturated heterocycles. The molecule has 0 aliphatic carbocycles. The Morgan fingerprint density at radius 2 is 1.63 bits per heavy atom. The van der Waals surface area contributed by atoms with Crippen molar-refractivity contribution in [1.29, 1.82) is 0 Å². The first-order chi connectivity index (χ1) is 20.7. The Bertz CT molecular complexity index is 1620. The van der Waals surface area contributed by atoms with Gasteiger partial charge in [0, 0.05) is 17.7 Å². The largest absolute Gasteiger partial charge is 0.507 e. The highest BCUT2D eigenvalue weighted by atomic mass is 16.5. The normalized spacial score (nSPS) is 14.3. The number of fused-ring (bicyclic) bond motifs is 1. The molecule has 226 valence electrons. The first-order valence-electron chi connectivity index (χ1n) is 14.4. The number of ether oxygens (including phenoxy) is 4. The number of hydrogen-bond acceptors (Lipinski definition) is 7. The van der Waals surface area contributed by atoms with Crippen molar-refractivity contribution in [1.82, 2.24) is 15.1 Å². The number of aromatic hydroxyl groups is 1. The Labute approximate surface area is 252 Å². The number of aromatic nitrogens is 2. The first-order valence-corrected chi connectivity index (χ1v) is 14.4. The average Bonchev–Trinajstić information content (AvgIpc) is 3.52. The SMILES string of the molecule is COc1ccc(CCN2C(=O)c3[nH]nc(-c4c(C)cc(C)cc4O)c3C2c2ccc(OCC(C)C)c(OC)c2)cc1OC. The summed E-state index contributed by atoms with van der Waals surface area (Å²) in [5, 5.41) is 18.6. The van der Waals surface area contributed by atoms with Crippen molar-refractivity contribution < 1.29 is 28.8 Å². The van der Waals surface area contributed by atoms with Crippen LogP contribution < -0.4 is 18.9 Å². The minimum atomic E-state index is -0.482. The van der Waals surface area contributed by atoms with Gasteiger partial charge in [0.05, 0.1) is 34.0 Å². The number of carbonyl (C=O) groups excluding carboxylic acids is 1. The standard InChI is InChI=1S/C34H39N3O6/c1-19(2)18-43-26-11-9-23(17-28(26)42-7)33-30-31(29-21(4)14-20(3)15-24(29)38)35-36-32(30)34(39)37(33)13-12-22-8-10-25(40-5)27(16-22)41-6/h8-11,14-17,19,33,38H,12-13,18H2,1-7H3,(H,35,36). The molecule has 0 radical (unpaired) electrons. The topological polar surface area (TPSA) is 106 Å². The lowest BCUT2D eigenvalue weighted by Crippen LogP contribution is -2.31. The summed E-state index contributed by atoms with van der Waals surface area (Å²) in [5.74, 6) is 2.81. The monoisotopic (exact) mass is 585 g/mol. The summed E-state index contributed by atoms with van der Waals surface area (Å²) in [4.78, 5) is 15.8. The van der Waals surface area contributed by atoms with Gasteiger partial charge >= 0.3 is 0 Å². The van der Waals surface area contributed by atoms with Gasteiger partial charge in [0.15, 0.2) is 23.0 Å². The van der Waals surface area contributed by atoms with Gasteiger partial charge < -0.3 is 29.0 Å². The lowest BCUT2D eigenvalue weighted by atomic mass is 9.93. The number of methoxy groups -OCH3 is 3. The van der Waals surface area contributed by atoms with Crippen LogP contribution in [0.1, 0.15) is 58.2 Å². The third kappa shape index (κ3) is 5.71. The number of nitrogens with one attached hydrogen (secondary N) is 1. The maximum absolute atomic E-state index is 14.0. The Morgan fingerprint density at radius 3 is 2.30 bits per heavy atom. The number of hydrogen-bond donors (Lipinski definition) is 2. The average molecular weight is 586 g/mol. The van der Waals surface area contributed by atoms with E-state index in [1.807, 2.05) is 61.2 Å². The van der Waals surface area contributed by atoms with E-state index in [2.05, 4.69) is 24.0 Å². The summed E-state index contributed by atoms with van der Waals surface area (Å²) in [5.41, 5.74) is 5.94. The Kier molecular flexibility index (Phi) is 8.52. The molecule has 43 heavy (non-hydrogen) atoms. The molecule has 0 bridgehead atoms. The Hall–Kier alpha value is -4.66. The van der Waals surface area contributed by atoms with Crippen molar-refractivity contribution >= 4 is 5.91 Å². The fourth-order valence-corrected chi connectivity index (χ4v) is 5.73. The molecule has 1 amide bonds. The van der Waals surface area contributed by atoms with Crippen LogP contribution in [-0.2, 0) is 6.42 Å². The quantitative estimate of drug-likeness (QED) is 0.214. The number of aromatic amines is 1. The van der Waals surface area contributed by atoms with Gasteiger partial charge in [-0.1, -0.05) is 32.0 Å². The van der Waals surface area contributed by atoms with E-state index < -0.39 is 6.04 Å². The number of amides is 1. The molecule has 5 rings (SSSR count). The fraction of sp³-hybridized carbons (Fsp3) is 0.353. The van der Waals surface area contributed by atoms with E-state index in [1.165, 1.54) is 0 Å². The molecule has 1 aliphatic heterocycles. The van der Waals surface area contributed by atoms with Crippen LogP contribution in [0.4, 0.5) is 0 Å². The van der Waals surface area contributed by atoms with Gasteiger partial charge in [0.1, 0.15) is 17.1 Å². The smallest absolute Gasteiger partial charge is 0.273 e. The summed E-state index contributed by atoms with van der Waals surface area (Å²) in [6, 6.07) is 14.8.